The molecule has 0 unspecified atom stereocenters. The summed E-state index contributed by atoms with van der Waals surface area (Å²) in [6, 6.07) is 5.76. The van der Waals surface area contributed by atoms with E-state index in [1.807, 2.05) is 25.1 Å². The number of nitrogens with zero attached hydrogens (tertiary/aromatic N) is 1. The first kappa shape index (κ1) is 14.8. The molecule has 0 radical (unpaired) electrons. The van der Waals surface area contributed by atoms with Crippen LogP contribution in [-0.2, 0) is 4.79 Å². The van der Waals surface area contributed by atoms with Crippen LogP contribution in [0.25, 0.3) is 10.1 Å². The average Bonchev–Trinajstić information content (AvgIpc) is 3.12. The van der Waals surface area contributed by atoms with E-state index in [4.69, 9.17) is 9.84 Å². The molecule has 0 saturated carbocycles. The number of likely N-dealkylation sites (tertiary alicyclic amines) is 1. The maximum atomic E-state index is 12.7. The van der Waals surface area contributed by atoms with Gasteiger partial charge in [0.15, 0.2) is 0 Å². The number of ether oxygens (including phenoxy) is 1. The summed E-state index contributed by atoms with van der Waals surface area (Å²) in [5.41, 5.74) is 0.933. The van der Waals surface area contributed by atoms with Crippen molar-refractivity contribution in [2.75, 3.05) is 20.2 Å². The zero-order valence-corrected chi connectivity index (χ0v) is 13.3. The second-order valence-corrected chi connectivity index (χ2v) is 6.55. The van der Waals surface area contributed by atoms with Crippen LogP contribution in [0, 0.1) is 12.8 Å². The number of carbonyl (C=O) groups excluding carboxylic acids is 1. The maximum absolute atomic E-state index is 12.7. The predicted octanol–water partition coefficient (Wildman–Crippen LogP) is 2.77. The van der Waals surface area contributed by atoms with Gasteiger partial charge in [0.05, 0.1) is 17.9 Å². The molecule has 1 atom stereocenters. The number of carboxylic acids is 1. The van der Waals surface area contributed by atoms with Crippen LogP contribution >= 0.6 is 11.3 Å². The molecule has 1 aromatic carbocycles. The third-order valence-corrected chi connectivity index (χ3v) is 5.42. The molecule has 116 valence electrons. The third-order valence-electron chi connectivity index (χ3n) is 4.16. The van der Waals surface area contributed by atoms with Gasteiger partial charge in [0, 0.05) is 17.8 Å². The van der Waals surface area contributed by atoms with E-state index in [-0.39, 0.29) is 5.91 Å². The number of methoxy groups -OCH3 is 1. The fraction of sp³-hybridized carbons (Fsp3) is 0.375. The van der Waals surface area contributed by atoms with Gasteiger partial charge in [0.2, 0.25) is 0 Å². The van der Waals surface area contributed by atoms with Gasteiger partial charge in [0.1, 0.15) is 5.75 Å². The number of fused-ring (bicyclic) bond motifs is 1. The molecule has 1 aliphatic heterocycles. The molecule has 6 heteroatoms. The summed E-state index contributed by atoms with van der Waals surface area (Å²) < 4.78 is 6.27. The van der Waals surface area contributed by atoms with Gasteiger partial charge in [-0.2, -0.15) is 0 Å². The lowest BCUT2D eigenvalue weighted by atomic mass is 10.1. The third kappa shape index (κ3) is 2.43. The molecular weight excluding hydrogens is 302 g/mol. The minimum atomic E-state index is -0.826. The number of rotatable bonds is 3. The molecule has 1 saturated heterocycles. The SMILES string of the molecule is COc1ccc2sc(C(=O)N3CC[C@H](C(=O)O)C3)c(C)c2c1. The minimum absolute atomic E-state index is 0.0681. The highest BCUT2D eigenvalue weighted by Gasteiger charge is 2.32. The van der Waals surface area contributed by atoms with Gasteiger partial charge in [-0.05, 0) is 42.5 Å². The molecule has 0 aliphatic carbocycles. The summed E-state index contributed by atoms with van der Waals surface area (Å²) in [5, 5.41) is 10.1. The van der Waals surface area contributed by atoms with Crippen LogP contribution in [0.4, 0.5) is 0 Å². The Morgan fingerprint density at radius 3 is 2.82 bits per heavy atom. The molecular formula is C16H17NO4S. The van der Waals surface area contributed by atoms with E-state index >= 15 is 0 Å². The minimum Gasteiger partial charge on any atom is -0.497 e. The number of carboxylic acid groups (broad SMARTS) is 1. The van der Waals surface area contributed by atoms with E-state index in [1.54, 1.807) is 12.0 Å². The number of carbonyl (C=O) groups is 2. The van der Waals surface area contributed by atoms with Crippen LogP contribution in [0.2, 0.25) is 0 Å². The standard InChI is InChI=1S/C16H17NO4S/c1-9-12-7-11(21-2)3-4-13(12)22-14(9)15(18)17-6-5-10(8-17)16(19)20/h3-4,7,10H,5-6,8H2,1-2H3,(H,19,20)/t10-/m0/s1. The molecule has 2 heterocycles. The Hall–Kier alpha value is -2.08. The number of amides is 1. The van der Waals surface area contributed by atoms with Crippen molar-refractivity contribution in [2.24, 2.45) is 5.92 Å². The molecule has 0 bridgehead atoms. The Morgan fingerprint density at radius 2 is 2.18 bits per heavy atom. The normalized spacial score (nSPS) is 17.9. The molecule has 0 spiro atoms. The zero-order valence-electron chi connectivity index (χ0n) is 12.5. The van der Waals surface area contributed by atoms with Crippen molar-refractivity contribution in [1.82, 2.24) is 4.90 Å². The molecule has 1 fully saturated rings. The second kappa shape index (κ2) is 5.61. The average molecular weight is 319 g/mol. The highest BCUT2D eigenvalue weighted by molar-refractivity contribution is 7.21. The smallest absolute Gasteiger partial charge is 0.308 e. The molecule has 5 nitrogen and oxygen atoms in total. The fourth-order valence-electron chi connectivity index (χ4n) is 2.82. The number of hydrogen-bond acceptors (Lipinski definition) is 4. The molecule has 3 rings (SSSR count). The Labute approximate surface area is 132 Å². The largest absolute Gasteiger partial charge is 0.497 e. The Kier molecular flexibility index (Phi) is 3.78. The fourth-order valence-corrected chi connectivity index (χ4v) is 3.98. The summed E-state index contributed by atoms with van der Waals surface area (Å²) in [7, 11) is 1.62. The van der Waals surface area contributed by atoms with Crippen LogP contribution in [0.15, 0.2) is 18.2 Å². The summed E-state index contributed by atoms with van der Waals surface area (Å²) in [6.07, 6.45) is 0.527. The first-order valence-corrected chi connectivity index (χ1v) is 7.92. The first-order valence-electron chi connectivity index (χ1n) is 7.10. The molecule has 1 aliphatic rings. The maximum Gasteiger partial charge on any atom is 0.308 e. The topological polar surface area (TPSA) is 66.8 Å². The van der Waals surface area contributed by atoms with Gasteiger partial charge in [0.25, 0.3) is 5.91 Å². The van der Waals surface area contributed by atoms with Crippen molar-refractivity contribution in [2.45, 2.75) is 13.3 Å². The van der Waals surface area contributed by atoms with Crippen molar-refractivity contribution in [1.29, 1.82) is 0 Å². The lowest BCUT2D eigenvalue weighted by molar-refractivity contribution is -0.141. The summed E-state index contributed by atoms with van der Waals surface area (Å²) in [5.74, 6) is -0.576. The van der Waals surface area contributed by atoms with Crippen LogP contribution in [0.3, 0.4) is 0 Å². The number of aliphatic carboxylic acids is 1. The quantitative estimate of drug-likeness (QED) is 0.944. The van der Waals surface area contributed by atoms with Crippen molar-refractivity contribution in [3.05, 3.63) is 28.6 Å². The van der Waals surface area contributed by atoms with Crippen LogP contribution < -0.4 is 4.74 Å². The van der Waals surface area contributed by atoms with E-state index in [1.165, 1.54) is 11.3 Å². The number of thiophene rings is 1. The summed E-state index contributed by atoms with van der Waals surface area (Å²) >= 11 is 1.45. The van der Waals surface area contributed by atoms with Crippen molar-refractivity contribution in [3.63, 3.8) is 0 Å². The Bertz CT molecular complexity index is 752. The summed E-state index contributed by atoms with van der Waals surface area (Å²) in [4.78, 5) is 26.0. The molecule has 1 N–H and O–H groups in total. The van der Waals surface area contributed by atoms with Crippen LogP contribution in [-0.4, -0.2) is 42.1 Å². The lowest BCUT2D eigenvalue weighted by Crippen LogP contribution is -2.29. The van der Waals surface area contributed by atoms with E-state index in [0.717, 1.165) is 21.4 Å². The zero-order chi connectivity index (χ0) is 15.9. The second-order valence-electron chi connectivity index (χ2n) is 5.49. The van der Waals surface area contributed by atoms with E-state index in [2.05, 4.69) is 0 Å². The molecule has 22 heavy (non-hydrogen) atoms. The molecule has 2 aromatic rings. The van der Waals surface area contributed by atoms with E-state index in [9.17, 15) is 9.59 Å². The highest BCUT2D eigenvalue weighted by Crippen LogP contribution is 2.34. The van der Waals surface area contributed by atoms with E-state index < -0.39 is 11.9 Å². The van der Waals surface area contributed by atoms with Crippen LogP contribution in [0.5, 0.6) is 5.75 Å². The van der Waals surface area contributed by atoms with Gasteiger partial charge >= 0.3 is 5.97 Å². The monoisotopic (exact) mass is 319 g/mol. The van der Waals surface area contributed by atoms with Gasteiger partial charge in [-0.25, -0.2) is 0 Å². The van der Waals surface area contributed by atoms with Gasteiger partial charge in [-0.15, -0.1) is 11.3 Å². The van der Waals surface area contributed by atoms with Crippen molar-refractivity contribution in [3.8, 4) is 5.75 Å². The van der Waals surface area contributed by atoms with Gasteiger partial charge in [-0.1, -0.05) is 0 Å². The Morgan fingerprint density at radius 1 is 1.41 bits per heavy atom. The number of aryl methyl sites for hydroxylation is 1. The molecule has 1 aromatic heterocycles. The lowest BCUT2D eigenvalue weighted by Gasteiger charge is -2.15. The van der Waals surface area contributed by atoms with Gasteiger partial charge < -0.3 is 14.7 Å². The summed E-state index contributed by atoms with van der Waals surface area (Å²) in [6.45, 7) is 2.73. The van der Waals surface area contributed by atoms with Crippen molar-refractivity contribution >= 4 is 33.3 Å². The highest BCUT2D eigenvalue weighted by atomic mass is 32.1. The number of hydrogen-bond donors (Lipinski definition) is 1. The van der Waals surface area contributed by atoms with E-state index in [0.29, 0.717) is 24.4 Å². The van der Waals surface area contributed by atoms with Crippen LogP contribution in [0.1, 0.15) is 21.7 Å². The van der Waals surface area contributed by atoms with Gasteiger partial charge in [-0.3, -0.25) is 9.59 Å². The molecule has 1 amide bonds. The first-order chi connectivity index (χ1) is 10.5. The number of benzene rings is 1. The van der Waals surface area contributed by atoms with Crippen molar-refractivity contribution < 1.29 is 19.4 Å². The predicted molar refractivity (Wildman–Crippen MR) is 84.8 cm³/mol. The Balaban J connectivity index is 1.91.